The highest BCUT2D eigenvalue weighted by molar-refractivity contribution is 5.95. The fraction of sp³-hybridized carbons (Fsp3) is 0.588. The maximum absolute atomic E-state index is 12.5. The molecule has 1 aromatic rings. The van der Waals surface area contributed by atoms with E-state index in [1.165, 1.54) is 6.07 Å². The molecular weight excluding hydrogens is 312 g/mol. The van der Waals surface area contributed by atoms with Crippen molar-refractivity contribution in [2.75, 3.05) is 31.3 Å². The first kappa shape index (κ1) is 16.9. The number of nitro groups is 1. The number of fused-ring (bicyclic) bond motifs is 1. The molecule has 1 saturated heterocycles. The van der Waals surface area contributed by atoms with Crippen LogP contribution in [-0.2, 0) is 20.7 Å². The van der Waals surface area contributed by atoms with Gasteiger partial charge in [-0.15, -0.1) is 0 Å². The van der Waals surface area contributed by atoms with Crippen LogP contribution in [-0.4, -0.2) is 43.3 Å². The molecular formula is C17H22N2O5. The minimum Gasteiger partial charge on any atom is -0.376 e. The first-order valence-corrected chi connectivity index (χ1v) is 8.42. The van der Waals surface area contributed by atoms with E-state index in [9.17, 15) is 14.9 Å². The van der Waals surface area contributed by atoms with Crippen molar-refractivity contribution in [3.05, 3.63) is 33.9 Å². The van der Waals surface area contributed by atoms with Crippen LogP contribution in [0.2, 0.25) is 0 Å². The topological polar surface area (TPSA) is 81.9 Å². The summed E-state index contributed by atoms with van der Waals surface area (Å²) in [5, 5.41) is 10.9. The third-order valence-electron chi connectivity index (χ3n) is 4.50. The van der Waals surface area contributed by atoms with E-state index in [0.29, 0.717) is 13.2 Å². The van der Waals surface area contributed by atoms with Gasteiger partial charge in [-0.2, -0.15) is 0 Å². The lowest BCUT2D eigenvalue weighted by atomic mass is 10.1. The molecule has 0 aromatic heterocycles. The number of nitrogens with zero attached hydrogens (tertiary/aromatic N) is 2. The molecule has 1 unspecified atom stereocenters. The second kappa shape index (κ2) is 7.72. The molecule has 0 radical (unpaired) electrons. The van der Waals surface area contributed by atoms with Crippen LogP contribution < -0.4 is 4.90 Å². The molecule has 2 aliphatic rings. The number of non-ortho nitro benzene ring substituents is 1. The number of carbonyl (C=O) groups is 1. The zero-order valence-corrected chi connectivity index (χ0v) is 13.6. The molecule has 24 heavy (non-hydrogen) atoms. The fourth-order valence-electron chi connectivity index (χ4n) is 3.25. The lowest BCUT2D eigenvalue weighted by Crippen LogP contribution is -2.35. The van der Waals surface area contributed by atoms with E-state index in [1.54, 1.807) is 17.0 Å². The van der Waals surface area contributed by atoms with Gasteiger partial charge in [-0.25, -0.2) is 0 Å². The van der Waals surface area contributed by atoms with Crippen molar-refractivity contribution in [2.24, 2.45) is 0 Å². The van der Waals surface area contributed by atoms with Crippen LogP contribution in [0.3, 0.4) is 0 Å². The SMILES string of the molecule is O=C(COCC1CCCO1)N1CCCCc2cc([N+](=O)[O-])ccc21. The zero-order chi connectivity index (χ0) is 16.9. The van der Waals surface area contributed by atoms with Crippen LogP contribution in [0, 0.1) is 10.1 Å². The lowest BCUT2D eigenvalue weighted by molar-refractivity contribution is -0.384. The standard InChI is InChI=1S/C17H22N2O5/c20-17(12-23-11-15-5-3-9-24-15)18-8-2-1-4-13-10-14(19(21)22)6-7-16(13)18/h6-7,10,15H,1-5,8-9,11-12H2. The third kappa shape index (κ3) is 3.91. The predicted molar refractivity (Wildman–Crippen MR) is 88.2 cm³/mol. The van der Waals surface area contributed by atoms with E-state index in [4.69, 9.17) is 9.47 Å². The highest BCUT2D eigenvalue weighted by Gasteiger charge is 2.24. The Morgan fingerprint density at radius 1 is 1.38 bits per heavy atom. The summed E-state index contributed by atoms with van der Waals surface area (Å²) in [6.07, 6.45) is 4.65. The molecule has 1 fully saturated rings. The van der Waals surface area contributed by atoms with Crippen LogP contribution in [0.25, 0.3) is 0 Å². The molecule has 0 spiro atoms. The van der Waals surface area contributed by atoms with Crippen LogP contribution >= 0.6 is 0 Å². The molecule has 3 rings (SSSR count). The van der Waals surface area contributed by atoms with E-state index in [1.807, 2.05) is 0 Å². The van der Waals surface area contributed by atoms with Crippen molar-refractivity contribution in [3.8, 4) is 0 Å². The van der Waals surface area contributed by atoms with Crippen molar-refractivity contribution in [2.45, 2.75) is 38.2 Å². The maximum atomic E-state index is 12.5. The predicted octanol–water partition coefficient (Wildman–Crippen LogP) is 2.46. The Balaban J connectivity index is 1.66. The average molecular weight is 334 g/mol. The Hall–Kier alpha value is -1.99. The van der Waals surface area contributed by atoms with Gasteiger partial charge < -0.3 is 14.4 Å². The molecule has 1 aromatic carbocycles. The van der Waals surface area contributed by atoms with E-state index in [-0.39, 0.29) is 24.3 Å². The van der Waals surface area contributed by atoms with Gasteiger partial charge in [0.15, 0.2) is 0 Å². The number of ether oxygens (including phenoxy) is 2. The van der Waals surface area contributed by atoms with Gasteiger partial charge in [0, 0.05) is 31.0 Å². The number of hydrogen-bond acceptors (Lipinski definition) is 5. The Bertz CT molecular complexity index is 613. The normalized spacial score (nSPS) is 20.5. The number of nitro benzene ring substituents is 1. The van der Waals surface area contributed by atoms with Crippen LogP contribution in [0.15, 0.2) is 18.2 Å². The zero-order valence-electron chi connectivity index (χ0n) is 13.6. The van der Waals surface area contributed by atoms with E-state index in [2.05, 4.69) is 0 Å². The second-order valence-corrected chi connectivity index (χ2v) is 6.22. The van der Waals surface area contributed by atoms with Crippen molar-refractivity contribution in [1.82, 2.24) is 0 Å². The van der Waals surface area contributed by atoms with E-state index < -0.39 is 4.92 Å². The van der Waals surface area contributed by atoms with Crippen LogP contribution in [0.1, 0.15) is 31.2 Å². The quantitative estimate of drug-likeness (QED) is 0.610. The van der Waals surface area contributed by atoms with E-state index in [0.717, 1.165) is 50.0 Å². The Morgan fingerprint density at radius 2 is 2.25 bits per heavy atom. The molecule has 7 heteroatoms. The number of hydrogen-bond donors (Lipinski definition) is 0. The van der Waals surface area contributed by atoms with Crippen molar-refractivity contribution < 1.29 is 19.2 Å². The van der Waals surface area contributed by atoms with Gasteiger partial charge in [-0.1, -0.05) is 0 Å². The monoisotopic (exact) mass is 334 g/mol. The summed E-state index contributed by atoms with van der Waals surface area (Å²) in [5.74, 6) is -0.106. The summed E-state index contributed by atoms with van der Waals surface area (Å²) < 4.78 is 11.0. The van der Waals surface area contributed by atoms with Gasteiger partial charge in [-0.05, 0) is 43.7 Å². The minimum atomic E-state index is -0.401. The number of rotatable bonds is 5. The van der Waals surface area contributed by atoms with Gasteiger partial charge in [-0.3, -0.25) is 14.9 Å². The first-order valence-electron chi connectivity index (χ1n) is 8.42. The van der Waals surface area contributed by atoms with Gasteiger partial charge in [0.05, 0.1) is 17.6 Å². The molecule has 2 heterocycles. The summed E-state index contributed by atoms with van der Waals surface area (Å²) in [4.78, 5) is 24.8. The summed E-state index contributed by atoms with van der Waals surface area (Å²) in [5.41, 5.74) is 1.69. The summed E-state index contributed by atoms with van der Waals surface area (Å²) in [6.45, 7) is 1.83. The Kier molecular flexibility index (Phi) is 5.42. The molecule has 130 valence electrons. The Morgan fingerprint density at radius 3 is 3.00 bits per heavy atom. The van der Waals surface area contributed by atoms with E-state index >= 15 is 0 Å². The second-order valence-electron chi connectivity index (χ2n) is 6.22. The number of benzene rings is 1. The number of anilines is 1. The fourth-order valence-corrected chi connectivity index (χ4v) is 3.25. The van der Waals surface area contributed by atoms with Gasteiger partial charge in [0.2, 0.25) is 0 Å². The smallest absolute Gasteiger partial charge is 0.269 e. The molecule has 0 N–H and O–H groups in total. The minimum absolute atomic E-state index is 0.0102. The molecule has 7 nitrogen and oxygen atoms in total. The van der Waals surface area contributed by atoms with Crippen LogP contribution in [0.5, 0.6) is 0 Å². The molecule has 1 amide bonds. The van der Waals surface area contributed by atoms with Gasteiger partial charge in [0.1, 0.15) is 6.61 Å². The number of amides is 1. The molecule has 2 aliphatic heterocycles. The third-order valence-corrected chi connectivity index (χ3v) is 4.50. The highest BCUT2D eigenvalue weighted by Crippen LogP contribution is 2.30. The lowest BCUT2D eigenvalue weighted by Gasteiger charge is -2.23. The highest BCUT2D eigenvalue weighted by atomic mass is 16.6. The average Bonchev–Trinajstić information content (AvgIpc) is 2.99. The number of carbonyl (C=O) groups excluding carboxylic acids is 1. The molecule has 0 aliphatic carbocycles. The van der Waals surface area contributed by atoms with Crippen molar-refractivity contribution >= 4 is 17.3 Å². The Labute approximate surface area is 140 Å². The van der Waals surface area contributed by atoms with Gasteiger partial charge in [0.25, 0.3) is 11.6 Å². The summed E-state index contributed by atoms with van der Waals surface area (Å²) in [6, 6.07) is 4.71. The first-order chi connectivity index (χ1) is 11.6. The van der Waals surface area contributed by atoms with Gasteiger partial charge >= 0.3 is 0 Å². The van der Waals surface area contributed by atoms with Crippen molar-refractivity contribution in [3.63, 3.8) is 0 Å². The molecule has 1 atom stereocenters. The van der Waals surface area contributed by atoms with Crippen molar-refractivity contribution in [1.29, 1.82) is 0 Å². The summed E-state index contributed by atoms with van der Waals surface area (Å²) in [7, 11) is 0. The molecule has 0 bridgehead atoms. The number of aryl methyl sites for hydroxylation is 1. The summed E-state index contributed by atoms with van der Waals surface area (Å²) >= 11 is 0. The molecule has 0 saturated carbocycles. The largest absolute Gasteiger partial charge is 0.376 e. The van der Waals surface area contributed by atoms with Crippen LogP contribution in [0.4, 0.5) is 11.4 Å². The maximum Gasteiger partial charge on any atom is 0.269 e.